The van der Waals surface area contributed by atoms with Crippen molar-refractivity contribution in [1.29, 1.82) is 0 Å². The number of nitrogens with one attached hydrogen (secondary N) is 1. The number of benzene rings is 2. The van der Waals surface area contributed by atoms with Gasteiger partial charge in [0.2, 0.25) is 5.95 Å². The van der Waals surface area contributed by atoms with E-state index in [1.807, 2.05) is 48.5 Å². The Kier molecular flexibility index (Phi) is 5.01. The molecule has 140 valence electrons. The summed E-state index contributed by atoms with van der Waals surface area (Å²) in [5.74, 6) is 1.46. The fourth-order valence-electron chi connectivity index (χ4n) is 2.85. The average molecular weight is 375 g/mol. The topological polar surface area (TPSA) is 60.0 Å². The lowest BCUT2D eigenvalue weighted by Crippen LogP contribution is -1.96. The Bertz CT molecular complexity index is 1060. The normalized spacial score (nSPS) is 10.6. The Balaban J connectivity index is 1.55. The zero-order valence-electron chi connectivity index (χ0n) is 15.2. The first kappa shape index (κ1) is 17.7. The minimum atomic E-state index is -0.525. The molecule has 4 rings (SSSR count). The van der Waals surface area contributed by atoms with Crippen LogP contribution in [-0.4, -0.2) is 22.1 Å². The fourth-order valence-corrected chi connectivity index (χ4v) is 2.85. The molecule has 0 fully saturated rings. The van der Waals surface area contributed by atoms with Crippen molar-refractivity contribution in [3.63, 3.8) is 0 Å². The molecule has 0 aliphatic heterocycles. The number of pyridine rings is 1. The number of hydrogen-bond acceptors (Lipinski definition) is 4. The van der Waals surface area contributed by atoms with Crippen molar-refractivity contribution in [2.24, 2.45) is 0 Å². The van der Waals surface area contributed by atoms with Crippen molar-refractivity contribution in [1.82, 2.24) is 15.0 Å². The summed E-state index contributed by atoms with van der Waals surface area (Å²) in [5.41, 5.74) is 3.43. The van der Waals surface area contributed by atoms with E-state index in [-0.39, 0.29) is 0 Å². The molecule has 0 aliphatic carbocycles. The summed E-state index contributed by atoms with van der Waals surface area (Å²) >= 11 is 0. The van der Waals surface area contributed by atoms with Gasteiger partial charge in [-0.25, -0.2) is 9.97 Å². The minimum absolute atomic E-state index is 0.481. The van der Waals surface area contributed by atoms with Crippen molar-refractivity contribution in [3.8, 4) is 34.1 Å². The average Bonchev–Trinajstić information content (AvgIpc) is 3.23. The van der Waals surface area contributed by atoms with E-state index >= 15 is 0 Å². The zero-order chi connectivity index (χ0) is 19.3. The molecule has 0 amide bonds. The first-order valence-corrected chi connectivity index (χ1v) is 8.75. The van der Waals surface area contributed by atoms with E-state index in [0.29, 0.717) is 29.5 Å². The van der Waals surface area contributed by atoms with E-state index in [1.165, 1.54) is 12.3 Å². The Morgan fingerprint density at radius 1 is 0.964 bits per heavy atom. The van der Waals surface area contributed by atoms with E-state index in [4.69, 9.17) is 9.47 Å². The van der Waals surface area contributed by atoms with E-state index in [0.717, 1.165) is 16.8 Å². The quantitative estimate of drug-likeness (QED) is 0.489. The summed E-state index contributed by atoms with van der Waals surface area (Å²) in [4.78, 5) is 11.2. The summed E-state index contributed by atoms with van der Waals surface area (Å²) in [6, 6.07) is 18.5. The summed E-state index contributed by atoms with van der Waals surface area (Å²) in [7, 11) is 1.61. The zero-order valence-corrected chi connectivity index (χ0v) is 15.2. The molecule has 2 aromatic heterocycles. The van der Waals surface area contributed by atoms with Gasteiger partial charge in [-0.05, 0) is 29.8 Å². The maximum absolute atomic E-state index is 13.0. The SMILES string of the molecule is COc1cc(OCc2ccccc2)ccc1-c1cnc(-c2ccc(F)nc2)[nH]1. The molecule has 1 N–H and O–H groups in total. The third kappa shape index (κ3) is 3.86. The van der Waals surface area contributed by atoms with Crippen LogP contribution in [0.15, 0.2) is 73.1 Å². The Labute approximate surface area is 161 Å². The molecule has 5 nitrogen and oxygen atoms in total. The summed E-state index contributed by atoms with van der Waals surface area (Å²) in [6.45, 7) is 0.481. The van der Waals surface area contributed by atoms with Crippen molar-refractivity contribution >= 4 is 0 Å². The molecule has 0 unspecified atom stereocenters. The first-order chi connectivity index (χ1) is 13.7. The van der Waals surface area contributed by atoms with Crippen LogP contribution in [0.25, 0.3) is 22.6 Å². The van der Waals surface area contributed by atoms with Crippen molar-refractivity contribution in [2.45, 2.75) is 6.61 Å². The fraction of sp³-hybridized carbons (Fsp3) is 0.0909. The molecule has 0 bridgehead atoms. The highest BCUT2D eigenvalue weighted by Crippen LogP contribution is 2.33. The van der Waals surface area contributed by atoms with Crippen molar-refractivity contribution in [2.75, 3.05) is 7.11 Å². The van der Waals surface area contributed by atoms with Crippen LogP contribution < -0.4 is 9.47 Å². The van der Waals surface area contributed by atoms with Gasteiger partial charge in [0.25, 0.3) is 0 Å². The smallest absolute Gasteiger partial charge is 0.212 e. The highest BCUT2D eigenvalue weighted by molar-refractivity contribution is 5.70. The van der Waals surface area contributed by atoms with Gasteiger partial charge in [0.05, 0.1) is 19.0 Å². The molecule has 0 saturated carbocycles. The molecule has 0 spiro atoms. The lowest BCUT2D eigenvalue weighted by Gasteiger charge is -2.11. The van der Waals surface area contributed by atoms with Crippen molar-refractivity contribution < 1.29 is 13.9 Å². The van der Waals surface area contributed by atoms with Gasteiger partial charge < -0.3 is 14.5 Å². The van der Waals surface area contributed by atoms with Gasteiger partial charge in [0, 0.05) is 23.4 Å². The predicted molar refractivity (Wildman–Crippen MR) is 105 cm³/mol. The van der Waals surface area contributed by atoms with Gasteiger partial charge in [0.1, 0.15) is 23.9 Å². The number of aromatic nitrogens is 3. The standard InChI is InChI=1S/C22H18FN3O2/c1-27-20-11-17(28-14-15-5-3-2-4-6-15)8-9-18(20)19-13-25-22(26-19)16-7-10-21(23)24-12-16/h2-13H,14H2,1H3,(H,25,26). The maximum Gasteiger partial charge on any atom is 0.212 e. The molecule has 2 aromatic carbocycles. The number of hydrogen-bond donors (Lipinski definition) is 1. The van der Waals surface area contributed by atoms with Crippen LogP contribution in [0.5, 0.6) is 11.5 Å². The van der Waals surface area contributed by atoms with Gasteiger partial charge >= 0.3 is 0 Å². The van der Waals surface area contributed by atoms with E-state index < -0.39 is 5.95 Å². The highest BCUT2D eigenvalue weighted by Gasteiger charge is 2.12. The first-order valence-electron chi connectivity index (χ1n) is 8.75. The number of halogens is 1. The molecule has 0 atom stereocenters. The highest BCUT2D eigenvalue weighted by atomic mass is 19.1. The maximum atomic E-state index is 13.0. The van der Waals surface area contributed by atoms with E-state index in [1.54, 1.807) is 19.4 Å². The molecule has 0 saturated heterocycles. The number of imidazole rings is 1. The van der Waals surface area contributed by atoms with Crippen LogP contribution in [0.2, 0.25) is 0 Å². The second kappa shape index (κ2) is 7.92. The molecule has 6 heteroatoms. The van der Waals surface area contributed by atoms with Gasteiger partial charge in [-0.15, -0.1) is 0 Å². The van der Waals surface area contributed by atoms with Gasteiger partial charge in [0.15, 0.2) is 0 Å². The van der Waals surface area contributed by atoms with Crippen LogP contribution >= 0.6 is 0 Å². The summed E-state index contributed by atoms with van der Waals surface area (Å²) < 4.78 is 24.4. The minimum Gasteiger partial charge on any atom is -0.496 e. The third-order valence-electron chi connectivity index (χ3n) is 4.29. The lowest BCUT2D eigenvalue weighted by atomic mass is 10.1. The molecule has 2 heterocycles. The summed E-state index contributed by atoms with van der Waals surface area (Å²) in [6.07, 6.45) is 3.15. The van der Waals surface area contributed by atoms with Crippen LogP contribution in [-0.2, 0) is 6.61 Å². The number of rotatable bonds is 6. The van der Waals surface area contributed by atoms with Crippen LogP contribution in [0.4, 0.5) is 4.39 Å². The van der Waals surface area contributed by atoms with Gasteiger partial charge in [-0.2, -0.15) is 4.39 Å². The predicted octanol–water partition coefficient (Wildman–Crippen LogP) is 4.87. The van der Waals surface area contributed by atoms with E-state index in [9.17, 15) is 4.39 Å². The molecular weight excluding hydrogens is 357 g/mol. The lowest BCUT2D eigenvalue weighted by molar-refractivity contribution is 0.304. The number of H-pyrrole nitrogens is 1. The number of ether oxygens (including phenoxy) is 2. The number of methoxy groups -OCH3 is 1. The second-order valence-corrected chi connectivity index (χ2v) is 6.15. The van der Waals surface area contributed by atoms with Crippen molar-refractivity contribution in [3.05, 3.63) is 84.6 Å². The molecule has 4 aromatic rings. The Hall–Kier alpha value is -3.67. The molecule has 0 radical (unpaired) electrons. The number of aromatic amines is 1. The molecule has 28 heavy (non-hydrogen) atoms. The largest absolute Gasteiger partial charge is 0.496 e. The third-order valence-corrected chi connectivity index (χ3v) is 4.29. The molecular formula is C22H18FN3O2. The summed E-state index contributed by atoms with van der Waals surface area (Å²) in [5, 5.41) is 0. The number of nitrogens with zero attached hydrogens (tertiary/aromatic N) is 2. The van der Waals surface area contributed by atoms with Gasteiger partial charge in [-0.3, -0.25) is 0 Å². The van der Waals surface area contributed by atoms with Crippen LogP contribution in [0.3, 0.4) is 0 Å². The Morgan fingerprint density at radius 3 is 2.57 bits per heavy atom. The van der Waals surface area contributed by atoms with Crippen LogP contribution in [0, 0.1) is 5.95 Å². The van der Waals surface area contributed by atoms with E-state index in [2.05, 4.69) is 15.0 Å². The van der Waals surface area contributed by atoms with Gasteiger partial charge in [-0.1, -0.05) is 30.3 Å². The second-order valence-electron chi connectivity index (χ2n) is 6.15. The monoisotopic (exact) mass is 375 g/mol. The Morgan fingerprint density at radius 2 is 1.82 bits per heavy atom. The molecule has 0 aliphatic rings. The van der Waals surface area contributed by atoms with Crippen LogP contribution in [0.1, 0.15) is 5.56 Å².